The number of benzene rings is 2. The maximum atomic E-state index is 5.83. The number of hydrogen-bond acceptors (Lipinski definition) is 2. The van der Waals surface area contributed by atoms with Gasteiger partial charge in [0.1, 0.15) is 12.8 Å². The molecule has 17 heavy (non-hydrogen) atoms. The predicted molar refractivity (Wildman–Crippen MR) is 69.2 cm³/mol. The highest BCUT2D eigenvalue weighted by atomic mass is 35.5. The molecule has 2 aromatic rings. The zero-order chi connectivity index (χ0) is 11.9. The average molecular weight is 245 g/mol. The zero-order valence-electron chi connectivity index (χ0n) is 9.14. The van der Waals surface area contributed by atoms with Crippen LogP contribution in [0.1, 0.15) is 11.1 Å². The van der Waals surface area contributed by atoms with Crippen molar-refractivity contribution < 1.29 is 4.84 Å². The highest BCUT2D eigenvalue weighted by Crippen LogP contribution is 2.09. The van der Waals surface area contributed by atoms with Crippen molar-refractivity contribution in [2.75, 3.05) is 0 Å². The van der Waals surface area contributed by atoms with Gasteiger partial charge in [0.15, 0.2) is 0 Å². The number of nitrogens with zero attached hydrogens (tertiary/aromatic N) is 1. The Balaban J connectivity index is 1.86. The van der Waals surface area contributed by atoms with Crippen LogP contribution in [0.15, 0.2) is 59.8 Å². The van der Waals surface area contributed by atoms with Crippen LogP contribution in [-0.4, -0.2) is 6.21 Å². The van der Waals surface area contributed by atoms with Gasteiger partial charge in [-0.1, -0.05) is 59.2 Å². The Morgan fingerprint density at radius 3 is 2.65 bits per heavy atom. The molecule has 2 nitrogen and oxygen atoms in total. The summed E-state index contributed by atoms with van der Waals surface area (Å²) in [6, 6.07) is 17.1. The van der Waals surface area contributed by atoms with Crippen LogP contribution in [0.25, 0.3) is 0 Å². The van der Waals surface area contributed by atoms with Crippen LogP contribution in [0, 0.1) is 0 Å². The van der Waals surface area contributed by atoms with E-state index in [1.807, 2.05) is 42.5 Å². The molecule has 0 saturated heterocycles. The molecule has 0 spiro atoms. The van der Waals surface area contributed by atoms with Crippen molar-refractivity contribution in [2.45, 2.75) is 6.61 Å². The summed E-state index contributed by atoms with van der Waals surface area (Å²) in [6.45, 7) is 0.439. The third-order valence-electron chi connectivity index (χ3n) is 2.14. The van der Waals surface area contributed by atoms with E-state index in [1.165, 1.54) is 0 Å². The van der Waals surface area contributed by atoms with Crippen LogP contribution in [0.3, 0.4) is 0 Å². The normalized spacial score (nSPS) is 10.6. The summed E-state index contributed by atoms with van der Waals surface area (Å²) < 4.78 is 0. The summed E-state index contributed by atoms with van der Waals surface area (Å²) in [5.41, 5.74) is 1.87. The molecule has 0 bridgehead atoms. The summed E-state index contributed by atoms with van der Waals surface area (Å²) in [6.07, 6.45) is 2.77. The van der Waals surface area contributed by atoms with Crippen LogP contribution in [0.2, 0.25) is 5.02 Å². The van der Waals surface area contributed by atoms with E-state index in [4.69, 9.17) is 16.4 Å². The third kappa shape index (κ3) is 3.93. The summed E-state index contributed by atoms with van der Waals surface area (Å²) in [4.78, 5) is 5.13. The molecule has 0 N–H and O–H groups in total. The van der Waals surface area contributed by atoms with Crippen molar-refractivity contribution in [1.82, 2.24) is 0 Å². The summed E-state index contributed by atoms with van der Waals surface area (Å²) in [7, 11) is 0. The third-order valence-corrected chi connectivity index (χ3v) is 2.37. The molecule has 0 atom stereocenters. The fourth-order valence-corrected chi connectivity index (χ4v) is 1.51. The Bertz CT molecular complexity index is 497. The zero-order valence-corrected chi connectivity index (χ0v) is 9.89. The number of hydrogen-bond donors (Lipinski definition) is 0. The molecule has 0 amide bonds. The molecular weight excluding hydrogens is 234 g/mol. The monoisotopic (exact) mass is 244 g/mol. The van der Waals surface area contributed by atoms with E-state index in [0.29, 0.717) is 11.6 Å². The van der Waals surface area contributed by atoms with Crippen LogP contribution in [0.5, 0.6) is 0 Å². The Labute approximate surface area is 105 Å². The first-order valence-electron chi connectivity index (χ1n) is 5.22. The quantitative estimate of drug-likeness (QED) is 0.593. The lowest BCUT2D eigenvalue weighted by molar-refractivity contribution is 0.132. The van der Waals surface area contributed by atoms with Crippen LogP contribution in [-0.2, 0) is 11.4 Å². The van der Waals surface area contributed by atoms with Crippen molar-refractivity contribution in [3.63, 3.8) is 0 Å². The van der Waals surface area contributed by atoms with Gasteiger partial charge in [-0.25, -0.2) is 0 Å². The summed E-state index contributed by atoms with van der Waals surface area (Å²) in [5.74, 6) is 0. The van der Waals surface area contributed by atoms with E-state index >= 15 is 0 Å². The minimum atomic E-state index is 0.439. The molecule has 0 saturated carbocycles. The summed E-state index contributed by atoms with van der Waals surface area (Å²) in [5, 5.41) is 4.43. The van der Waals surface area contributed by atoms with Crippen molar-refractivity contribution in [1.29, 1.82) is 0 Å². The minimum absolute atomic E-state index is 0.439. The highest BCUT2D eigenvalue weighted by molar-refractivity contribution is 6.30. The molecule has 0 unspecified atom stereocenters. The molecule has 2 rings (SSSR count). The van der Waals surface area contributed by atoms with Crippen molar-refractivity contribution in [2.24, 2.45) is 5.16 Å². The van der Waals surface area contributed by atoms with Gasteiger partial charge in [0.05, 0.1) is 0 Å². The lowest BCUT2D eigenvalue weighted by Crippen LogP contribution is -1.87. The molecule has 0 aliphatic rings. The molecule has 0 fully saturated rings. The largest absolute Gasteiger partial charge is 0.390 e. The average Bonchev–Trinajstić information content (AvgIpc) is 2.36. The lowest BCUT2D eigenvalue weighted by Gasteiger charge is -1.98. The van der Waals surface area contributed by atoms with Crippen molar-refractivity contribution in [3.05, 3.63) is 70.7 Å². The van der Waals surface area contributed by atoms with Crippen LogP contribution < -0.4 is 0 Å². The second-order valence-electron chi connectivity index (χ2n) is 3.47. The maximum Gasteiger partial charge on any atom is 0.142 e. The number of halogens is 1. The first-order valence-corrected chi connectivity index (χ1v) is 5.60. The van der Waals surface area contributed by atoms with E-state index in [2.05, 4.69) is 11.4 Å². The van der Waals surface area contributed by atoms with Gasteiger partial charge in [0.2, 0.25) is 0 Å². The van der Waals surface area contributed by atoms with Gasteiger partial charge < -0.3 is 4.84 Å². The first kappa shape index (κ1) is 11.7. The van der Waals surface area contributed by atoms with Crippen molar-refractivity contribution >= 4 is 17.8 Å². The Hall–Kier alpha value is -1.80. The number of rotatable bonds is 4. The van der Waals surface area contributed by atoms with E-state index in [9.17, 15) is 0 Å². The molecule has 85 valence electrons. The van der Waals surface area contributed by atoms with Gasteiger partial charge >= 0.3 is 0 Å². The van der Waals surface area contributed by atoms with Crippen molar-refractivity contribution in [3.8, 4) is 0 Å². The molecule has 3 heteroatoms. The maximum absolute atomic E-state index is 5.83. The highest BCUT2D eigenvalue weighted by Gasteiger charge is 1.92. The van der Waals surface area contributed by atoms with Gasteiger partial charge in [-0.2, -0.15) is 0 Å². The van der Waals surface area contributed by atoms with Gasteiger partial charge in [0.25, 0.3) is 0 Å². The Morgan fingerprint density at radius 2 is 1.88 bits per heavy atom. The summed E-state index contributed by atoms with van der Waals surface area (Å²) >= 11 is 5.83. The molecule has 2 aromatic carbocycles. The fourth-order valence-electron chi connectivity index (χ4n) is 1.32. The SMILES string of the molecule is Clc1cccc(/[C]=N\OCc2ccccc2)c1. The van der Waals surface area contributed by atoms with Gasteiger partial charge in [-0.15, -0.1) is 0 Å². The molecular formula is C14H11ClNO. The van der Waals surface area contributed by atoms with E-state index in [-0.39, 0.29) is 0 Å². The predicted octanol–water partition coefficient (Wildman–Crippen LogP) is 3.77. The minimum Gasteiger partial charge on any atom is -0.390 e. The van der Waals surface area contributed by atoms with Gasteiger partial charge in [-0.05, 0) is 17.7 Å². The van der Waals surface area contributed by atoms with Gasteiger partial charge in [0, 0.05) is 10.6 Å². The smallest absolute Gasteiger partial charge is 0.142 e. The van der Waals surface area contributed by atoms with Gasteiger partial charge in [-0.3, -0.25) is 0 Å². The molecule has 0 aromatic heterocycles. The van der Waals surface area contributed by atoms with Crippen LogP contribution >= 0.6 is 11.6 Å². The van der Waals surface area contributed by atoms with E-state index in [1.54, 1.807) is 12.1 Å². The molecule has 0 heterocycles. The lowest BCUT2D eigenvalue weighted by atomic mass is 10.2. The molecule has 0 aliphatic carbocycles. The molecule has 0 aliphatic heterocycles. The second-order valence-corrected chi connectivity index (χ2v) is 3.91. The Kier molecular flexibility index (Phi) is 4.17. The first-order chi connectivity index (χ1) is 8.34. The van der Waals surface area contributed by atoms with E-state index < -0.39 is 0 Å². The standard InChI is InChI=1S/C14H11ClNO/c15-14-8-4-7-13(9-14)10-16-17-11-12-5-2-1-3-6-12/h1-9H,11H2. The van der Waals surface area contributed by atoms with E-state index in [0.717, 1.165) is 11.1 Å². The Morgan fingerprint density at radius 1 is 1.06 bits per heavy atom. The topological polar surface area (TPSA) is 21.6 Å². The molecule has 1 radical (unpaired) electrons. The second kappa shape index (κ2) is 6.06. The fraction of sp³-hybridized carbons (Fsp3) is 0.0714. The van der Waals surface area contributed by atoms with Crippen LogP contribution in [0.4, 0.5) is 0 Å².